The molecule has 6 heteroatoms. The molecule has 1 amide bonds. The van der Waals surface area contributed by atoms with Crippen LogP contribution in [0, 0.1) is 0 Å². The van der Waals surface area contributed by atoms with Crippen molar-refractivity contribution in [2.45, 2.75) is 69.1 Å². The van der Waals surface area contributed by atoms with E-state index in [9.17, 15) is 4.79 Å². The number of carbonyl (C=O) groups excluding carboxylic acids is 1. The van der Waals surface area contributed by atoms with Crippen molar-refractivity contribution in [2.75, 3.05) is 26.7 Å². The van der Waals surface area contributed by atoms with Gasteiger partial charge in [0.1, 0.15) is 0 Å². The van der Waals surface area contributed by atoms with Gasteiger partial charge >= 0.3 is 0 Å². The molecule has 1 spiro atoms. The zero-order chi connectivity index (χ0) is 19.7. The van der Waals surface area contributed by atoms with Crippen LogP contribution in [0.25, 0.3) is 0 Å². The van der Waals surface area contributed by atoms with Crippen molar-refractivity contribution in [3.05, 3.63) is 33.8 Å². The zero-order valence-electron chi connectivity index (χ0n) is 16.6. The minimum Gasteiger partial charge on any atom is -0.375 e. The summed E-state index contributed by atoms with van der Waals surface area (Å²) in [5, 5.41) is 1.03. The van der Waals surface area contributed by atoms with Crippen molar-refractivity contribution >= 4 is 29.1 Å². The molecule has 3 aliphatic rings. The second-order valence-corrected chi connectivity index (χ2v) is 9.50. The van der Waals surface area contributed by atoms with Gasteiger partial charge < -0.3 is 9.64 Å². The number of hydrogen-bond acceptors (Lipinski definition) is 3. The Bertz CT molecular complexity index is 714. The molecule has 0 radical (unpaired) electrons. The quantitative estimate of drug-likeness (QED) is 0.709. The Balaban J connectivity index is 1.48. The van der Waals surface area contributed by atoms with E-state index in [1.54, 1.807) is 12.1 Å². The van der Waals surface area contributed by atoms with Crippen LogP contribution in [-0.2, 0) is 16.0 Å². The SMILES string of the molecule is CN(C(=O)Cc1ccc(Cl)c(Cl)c1)[C@H]1CCC2(CCCO2)CC1N1CCCC1. The molecule has 1 saturated carbocycles. The first-order chi connectivity index (χ1) is 13.5. The predicted octanol–water partition coefficient (Wildman–Crippen LogP) is 4.56. The molecule has 154 valence electrons. The molecule has 4 nitrogen and oxygen atoms in total. The summed E-state index contributed by atoms with van der Waals surface area (Å²) in [4.78, 5) is 17.7. The van der Waals surface area contributed by atoms with Crippen LogP contribution >= 0.6 is 23.2 Å². The van der Waals surface area contributed by atoms with Gasteiger partial charge in [-0.05, 0) is 75.7 Å². The number of ether oxygens (including phenoxy) is 1. The first kappa shape index (κ1) is 20.5. The van der Waals surface area contributed by atoms with Crippen LogP contribution in [-0.4, -0.2) is 60.1 Å². The minimum absolute atomic E-state index is 0.0529. The Hall–Kier alpha value is -0.810. The van der Waals surface area contributed by atoms with Gasteiger partial charge in [-0.2, -0.15) is 0 Å². The summed E-state index contributed by atoms with van der Waals surface area (Å²) in [7, 11) is 1.97. The van der Waals surface area contributed by atoms with Crippen LogP contribution in [0.3, 0.4) is 0 Å². The molecule has 1 aromatic carbocycles. The number of amides is 1. The molecule has 0 aromatic heterocycles. The molecule has 2 aliphatic heterocycles. The third kappa shape index (κ3) is 4.21. The first-order valence-electron chi connectivity index (χ1n) is 10.6. The van der Waals surface area contributed by atoms with Gasteiger partial charge in [0.05, 0.1) is 22.1 Å². The lowest BCUT2D eigenvalue weighted by Gasteiger charge is -2.48. The van der Waals surface area contributed by atoms with E-state index in [4.69, 9.17) is 27.9 Å². The van der Waals surface area contributed by atoms with Crippen LogP contribution in [0.5, 0.6) is 0 Å². The second kappa shape index (κ2) is 8.51. The maximum Gasteiger partial charge on any atom is 0.227 e. The zero-order valence-corrected chi connectivity index (χ0v) is 18.1. The average Bonchev–Trinajstić information content (AvgIpc) is 3.37. The Kier molecular flexibility index (Phi) is 6.22. The number of benzene rings is 1. The molecule has 1 aliphatic carbocycles. The van der Waals surface area contributed by atoms with Gasteiger partial charge in [-0.25, -0.2) is 0 Å². The molecular weight excluding hydrogens is 395 g/mol. The number of halogens is 2. The van der Waals surface area contributed by atoms with E-state index in [-0.39, 0.29) is 17.6 Å². The van der Waals surface area contributed by atoms with Crippen molar-refractivity contribution in [3.63, 3.8) is 0 Å². The third-order valence-electron chi connectivity index (χ3n) is 6.95. The smallest absolute Gasteiger partial charge is 0.227 e. The van der Waals surface area contributed by atoms with Crippen LogP contribution in [0.1, 0.15) is 50.5 Å². The highest BCUT2D eigenvalue weighted by Crippen LogP contribution is 2.43. The van der Waals surface area contributed by atoms with E-state index in [1.165, 1.54) is 25.7 Å². The molecule has 2 saturated heterocycles. The number of rotatable bonds is 4. The second-order valence-electron chi connectivity index (χ2n) is 8.69. The van der Waals surface area contributed by atoms with E-state index >= 15 is 0 Å². The summed E-state index contributed by atoms with van der Waals surface area (Å²) in [5.41, 5.74) is 0.965. The van der Waals surface area contributed by atoms with Crippen molar-refractivity contribution in [2.24, 2.45) is 0 Å². The van der Waals surface area contributed by atoms with Gasteiger partial charge in [0, 0.05) is 25.7 Å². The largest absolute Gasteiger partial charge is 0.375 e. The summed E-state index contributed by atoms with van der Waals surface area (Å²) >= 11 is 12.1. The maximum atomic E-state index is 13.1. The number of hydrogen-bond donors (Lipinski definition) is 0. The molecule has 3 fully saturated rings. The van der Waals surface area contributed by atoms with Crippen LogP contribution in [0.4, 0.5) is 0 Å². The lowest BCUT2D eigenvalue weighted by atomic mass is 9.76. The third-order valence-corrected chi connectivity index (χ3v) is 7.68. The number of likely N-dealkylation sites (tertiary alicyclic amines) is 1. The highest BCUT2D eigenvalue weighted by atomic mass is 35.5. The van der Waals surface area contributed by atoms with E-state index in [0.717, 1.165) is 44.5 Å². The topological polar surface area (TPSA) is 32.8 Å². The summed E-state index contributed by atoms with van der Waals surface area (Å²) in [5.74, 6) is 0.149. The molecule has 2 unspecified atom stereocenters. The maximum absolute atomic E-state index is 13.1. The molecule has 28 heavy (non-hydrogen) atoms. The Labute approximate surface area is 178 Å². The standard InChI is InChI=1S/C22H30Cl2N2O2/c1-25(21(27)14-16-5-6-17(23)18(24)13-16)19-7-9-22(8-4-12-28-22)15-20(19)26-10-2-3-11-26/h5-6,13,19-20H,2-4,7-12,14-15H2,1H3/t19-,20?,22?/m0/s1. The monoisotopic (exact) mass is 424 g/mol. The van der Waals surface area contributed by atoms with Gasteiger partial charge in [0.2, 0.25) is 5.91 Å². The van der Waals surface area contributed by atoms with E-state index < -0.39 is 0 Å². The Morgan fingerprint density at radius 3 is 2.68 bits per heavy atom. The number of nitrogens with zero attached hydrogens (tertiary/aromatic N) is 2. The summed E-state index contributed by atoms with van der Waals surface area (Å²) < 4.78 is 6.22. The predicted molar refractivity (Wildman–Crippen MR) is 113 cm³/mol. The molecular formula is C22H30Cl2N2O2. The average molecular weight is 425 g/mol. The van der Waals surface area contributed by atoms with Crippen LogP contribution < -0.4 is 0 Å². The van der Waals surface area contributed by atoms with Gasteiger partial charge in [-0.15, -0.1) is 0 Å². The number of carbonyl (C=O) groups is 1. The van der Waals surface area contributed by atoms with E-state index in [1.807, 2.05) is 18.0 Å². The Morgan fingerprint density at radius 2 is 2.00 bits per heavy atom. The molecule has 3 atom stereocenters. The fourth-order valence-electron chi connectivity index (χ4n) is 5.37. The number of likely N-dealkylation sites (N-methyl/N-ethyl adjacent to an activating group) is 1. The summed E-state index contributed by atoms with van der Waals surface area (Å²) in [6, 6.07) is 6.11. The molecule has 0 N–H and O–H groups in total. The van der Waals surface area contributed by atoms with Crippen molar-refractivity contribution in [1.82, 2.24) is 9.80 Å². The molecule has 1 aromatic rings. The Morgan fingerprint density at radius 1 is 1.21 bits per heavy atom. The fourth-order valence-corrected chi connectivity index (χ4v) is 5.69. The van der Waals surface area contributed by atoms with E-state index in [2.05, 4.69) is 4.90 Å². The lowest BCUT2D eigenvalue weighted by molar-refractivity contribution is -0.136. The first-order valence-corrected chi connectivity index (χ1v) is 11.3. The van der Waals surface area contributed by atoms with Gasteiger partial charge in [-0.3, -0.25) is 9.69 Å². The summed E-state index contributed by atoms with van der Waals surface area (Å²) in [6.45, 7) is 3.18. The molecule has 2 heterocycles. The summed E-state index contributed by atoms with van der Waals surface area (Å²) in [6.07, 6.45) is 8.36. The highest BCUT2D eigenvalue weighted by Gasteiger charge is 2.47. The minimum atomic E-state index is 0.0529. The van der Waals surface area contributed by atoms with Gasteiger partial charge in [0.15, 0.2) is 0 Å². The fraction of sp³-hybridized carbons (Fsp3) is 0.682. The van der Waals surface area contributed by atoms with Gasteiger partial charge in [0.25, 0.3) is 0 Å². The molecule has 4 rings (SSSR count). The normalized spacial score (nSPS) is 30.8. The lowest BCUT2D eigenvalue weighted by Crippen LogP contribution is -2.58. The molecule has 0 bridgehead atoms. The van der Waals surface area contributed by atoms with Crippen LogP contribution in [0.15, 0.2) is 18.2 Å². The van der Waals surface area contributed by atoms with Crippen molar-refractivity contribution in [3.8, 4) is 0 Å². The van der Waals surface area contributed by atoms with Crippen molar-refractivity contribution < 1.29 is 9.53 Å². The van der Waals surface area contributed by atoms with Crippen LogP contribution in [0.2, 0.25) is 10.0 Å². The van der Waals surface area contributed by atoms with Gasteiger partial charge in [-0.1, -0.05) is 29.3 Å². The van der Waals surface area contributed by atoms with Crippen molar-refractivity contribution in [1.29, 1.82) is 0 Å². The highest BCUT2D eigenvalue weighted by molar-refractivity contribution is 6.42. The van der Waals surface area contributed by atoms with E-state index in [0.29, 0.717) is 22.5 Å².